The maximum atomic E-state index is 10.5. The number of anilines is 1. The van der Waals surface area contributed by atoms with E-state index in [1.54, 1.807) is 30.3 Å². The number of hydrogen-bond acceptors (Lipinski definition) is 4. The van der Waals surface area contributed by atoms with E-state index in [1.807, 2.05) is 6.07 Å². The lowest BCUT2D eigenvalue weighted by Gasteiger charge is -1.98. The van der Waals surface area contributed by atoms with Gasteiger partial charge in [-0.15, -0.1) is 0 Å². The molecule has 2 aromatic rings. The Morgan fingerprint density at radius 1 is 1.00 bits per heavy atom. The van der Waals surface area contributed by atoms with Crippen LogP contribution in [0, 0.1) is 0 Å². The third-order valence-corrected chi connectivity index (χ3v) is 3.34. The minimum absolute atomic E-state index is 0.0509. The van der Waals surface area contributed by atoms with E-state index in [0.29, 0.717) is 5.56 Å². The van der Waals surface area contributed by atoms with Crippen molar-refractivity contribution in [3.63, 3.8) is 0 Å². The number of carbonyl (C=O) groups is 1. The third kappa shape index (κ3) is 5.00. The number of carbonyl (C=O) groups excluding carboxylic acids is 1. The van der Waals surface area contributed by atoms with Crippen LogP contribution in [0.5, 0.6) is 0 Å². The number of halogens is 1. The van der Waals surface area contributed by atoms with E-state index in [0.717, 1.165) is 0 Å². The molecule has 0 fully saturated rings. The van der Waals surface area contributed by atoms with Gasteiger partial charge < -0.3 is 5.73 Å². The van der Waals surface area contributed by atoms with E-state index in [9.17, 15) is 13.2 Å². The summed E-state index contributed by atoms with van der Waals surface area (Å²) in [5.74, 6) is 0. The topological polar surface area (TPSA) is 97.5 Å². The molecule has 0 spiro atoms. The number of rotatable bonds is 2. The van der Waals surface area contributed by atoms with E-state index in [-0.39, 0.29) is 10.6 Å². The van der Waals surface area contributed by atoms with Crippen molar-refractivity contribution in [3.05, 3.63) is 60.2 Å². The molecule has 0 aliphatic rings. The molecule has 0 saturated carbocycles. The molecule has 2 aromatic carbocycles. The van der Waals surface area contributed by atoms with E-state index in [1.165, 1.54) is 18.2 Å². The lowest BCUT2D eigenvalue weighted by atomic mass is 10.2. The van der Waals surface area contributed by atoms with Gasteiger partial charge in [0.15, 0.2) is 0 Å². The summed E-state index contributed by atoms with van der Waals surface area (Å²) in [5, 5.41) is -0.407. The average Bonchev–Trinajstić information content (AvgIpc) is 2.39. The van der Waals surface area contributed by atoms with E-state index >= 15 is 0 Å². The van der Waals surface area contributed by atoms with Crippen LogP contribution in [0.15, 0.2) is 59.5 Å². The summed E-state index contributed by atoms with van der Waals surface area (Å²) in [7, 11) is -4.16. The van der Waals surface area contributed by atoms with Crippen LogP contribution in [0.25, 0.3) is 0 Å². The zero-order chi connectivity index (χ0) is 15.2. The van der Waals surface area contributed by atoms with Crippen molar-refractivity contribution in [2.24, 2.45) is 0 Å². The fourth-order valence-electron chi connectivity index (χ4n) is 1.28. The van der Waals surface area contributed by atoms with Gasteiger partial charge in [-0.1, -0.05) is 42.5 Å². The Hall–Kier alpha value is -1.89. The quantitative estimate of drug-likeness (QED) is 0.504. The van der Waals surface area contributed by atoms with E-state index < -0.39 is 15.4 Å². The zero-order valence-corrected chi connectivity index (χ0v) is 11.8. The minimum Gasteiger partial charge on any atom is -0.398 e. The summed E-state index contributed by atoms with van der Waals surface area (Å²) in [4.78, 5) is 10.2. The van der Waals surface area contributed by atoms with Crippen LogP contribution < -0.4 is 5.73 Å². The van der Waals surface area contributed by atoms with E-state index in [4.69, 9.17) is 21.9 Å². The summed E-state index contributed by atoms with van der Waals surface area (Å²) in [5.41, 5.74) is 5.86. The van der Waals surface area contributed by atoms with Crippen LogP contribution in [0.4, 0.5) is 5.69 Å². The molecule has 3 N–H and O–H groups in total. The van der Waals surface area contributed by atoms with Gasteiger partial charge in [-0.25, -0.2) is 0 Å². The molecule has 0 aliphatic heterocycles. The second kappa shape index (κ2) is 7.04. The highest BCUT2D eigenvalue weighted by Crippen LogP contribution is 2.15. The number of para-hydroxylation sites is 1. The molecule has 0 radical (unpaired) electrons. The van der Waals surface area contributed by atoms with E-state index in [2.05, 4.69) is 0 Å². The fourth-order valence-corrected chi connectivity index (χ4v) is 2.03. The molecule has 0 aromatic heterocycles. The monoisotopic (exact) mass is 313 g/mol. The standard InChI is InChI=1S/C7H5ClO.C6H7NO3S/c8-7(9)6-4-2-1-3-5-6;7-5-3-1-2-4-6(5)11(8,9)10/h1-5H;1-4H,7H2,(H,8,9,10). The highest BCUT2D eigenvalue weighted by Gasteiger charge is 2.11. The van der Waals surface area contributed by atoms with Crippen LogP contribution in [-0.2, 0) is 10.1 Å². The Balaban J connectivity index is 0.000000204. The summed E-state index contributed by atoms with van der Waals surface area (Å²) in [6.45, 7) is 0. The Labute approximate surface area is 121 Å². The lowest BCUT2D eigenvalue weighted by Crippen LogP contribution is -2.01. The zero-order valence-electron chi connectivity index (χ0n) is 10.2. The van der Waals surface area contributed by atoms with Gasteiger partial charge in [-0.3, -0.25) is 9.35 Å². The molecular weight excluding hydrogens is 302 g/mol. The highest BCUT2D eigenvalue weighted by atomic mass is 35.5. The first-order valence-corrected chi connectivity index (χ1v) is 7.21. The first kappa shape index (κ1) is 16.2. The summed E-state index contributed by atoms with van der Waals surface area (Å²) in [6, 6.07) is 14.5. The number of nitrogen functional groups attached to an aromatic ring is 1. The molecule has 20 heavy (non-hydrogen) atoms. The summed E-state index contributed by atoms with van der Waals surface area (Å²) in [6.07, 6.45) is 0. The van der Waals surface area contributed by atoms with Gasteiger partial charge in [0.05, 0.1) is 5.69 Å². The maximum absolute atomic E-state index is 10.5. The third-order valence-electron chi connectivity index (χ3n) is 2.20. The fraction of sp³-hybridized carbons (Fsp3) is 0. The molecule has 7 heteroatoms. The van der Waals surface area contributed by atoms with Crippen molar-refractivity contribution in [1.29, 1.82) is 0 Å². The molecule has 0 amide bonds. The predicted molar refractivity (Wildman–Crippen MR) is 77.3 cm³/mol. The van der Waals surface area contributed by atoms with Crippen LogP contribution in [0.1, 0.15) is 10.4 Å². The summed E-state index contributed by atoms with van der Waals surface area (Å²) >= 11 is 5.16. The highest BCUT2D eigenvalue weighted by molar-refractivity contribution is 7.86. The van der Waals surface area contributed by atoms with Gasteiger partial charge in [-0.2, -0.15) is 8.42 Å². The van der Waals surface area contributed by atoms with Crippen LogP contribution in [0.2, 0.25) is 0 Å². The molecule has 0 aliphatic carbocycles. The van der Waals surface area contributed by atoms with Gasteiger partial charge in [0.2, 0.25) is 0 Å². The Bertz CT molecular complexity index is 687. The van der Waals surface area contributed by atoms with Crippen molar-refractivity contribution in [1.82, 2.24) is 0 Å². The van der Waals surface area contributed by atoms with Gasteiger partial charge in [-0.05, 0) is 23.7 Å². The SMILES string of the molecule is Nc1ccccc1S(=O)(=O)O.O=C(Cl)c1ccccc1. The van der Waals surface area contributed by atoms with Crippen molar-refractivity contribution < 1.29 is 17.8 Å². The summed E-state index contributed by atoms with van der Waals surface area (Å²) < 4.78 is 29.6. The van der Waals surface area contributed by atoms with Crippen LogP contribution in [-0.4, -0.2) is 18.2 Å². The molecule has 0 atom stereocenters. The molecule has 0 bridgehead atoms. The lowest BCUT2D eigenvalue weighted by molar-refractivity contribution is 0.108. The molecule has 106 valence electrons. The van der Waals surface area contributed by atoms with Crippen LogP contribution >= 0.6 is 11.6 Å². The van der Waals surface area contributed by atoms with Gasteiger partial charge in [0, 0.05) is 5.56 Å². The van der Waals surface area contributed by atoms with Gasteiger partial charge >= 0.3 is 0 Å². The normalized spacial score (nSPS) is 10.3. The van der Waals surface area contributed by atoms with Crippen LogP contribution in [0.3, 0.4) is 0 Å². The van der Waals surface area contributed by atoms with Crippen molar-refractivity contribution in [3.8, 4) is 0 Å². The number of benzene rings is 2. The maximum Gasteiger partial charge on any atom is 0.296 e. The molecular formula is C13H12ClNO4S. The van der Waals surface area contributed by atoms with Gasteiger partial charge in [0.25, 0.3) is 15.4 Å². The second-order valence-electron chi connectivity index (χ2n) is 3.65. The van der Waals surface area contributed by atoms with Crippen molar-refractivity contribution in [2.75, 3.05) is 5.73 Å². The van der Waals surface area contributed by atoms with Crippen molar-refractivity contribution in [2.45, 2.75) is 4.90 Å². The minimum atomic E-state index is -4.16. The Morgan fingerprint density at radius 3 is 1.85 bits per heavy atom. The molecule has 2 rings (SSSR count). The smallest absolute Gasteiger partial charge is 0.296 e. The average molecular weight is 314 g/mol. The second-order valence-corrected chi connectivity index (χ2v) is 5.39. The largest absolute Gasteiger partial charge is 0.398 e. The number of nitrogens with two attached hydrogens (primary N) is 1. The molecule has 0 unspecified atom stereocenters. The molecule has 0 saturated heterocycles. The van der Waals surface area contributed by atoms with Gasteiger partial charge in [0.1, 0.15) is 4.90 Å². The number of hydrogen-bond donors (Lipinski definition) is 2. The Morgan fingerprint density at radius 2 is 1.50 bits per heavy atom. The first-order chi connectivity index (χ1) is 9.32. The predicted octanol–water partition coefficient (Wildman–Crippen LogP) is 2.58. The molecule has 0 heterocycles. The van der Waals surface area contributed by atoms with Crippen molar-refractivity contribution >= 4 is 32.6 Å². The molecule has 5 nitrogen and oxygen atoms in total. The Kier molecular flexibility index (Phi) is 5.69. The first-order valence-electron chi connectivity index (χ1n) is 5.39.